The average Bonchev–Trinajstić information content (AvgIpc) is 2.83. The summed E-state index contributed by atoms with van der Waals surface area (Å²) in [5.41, 5.74) is 1.94. The van der Waals surface area contributed by atoms with Crippen LogP contribution in [0.3, 0.4) is 0 Å². The number of hydrogen-bond donors (Lipinski definition) is 2. The van der Waals surface area contributed by atoms with E-state index in [2.05, 4.69) is 20.7 Å². The molecule has 100 valence electrons. The summed E-state index contributed by atoms with van der Waals surface area (Å²) in [7, 11) is 1.84. The second kappa shape index (κ2) is 6.53. The Kier molecular flexibility index (Phi) is 4.49. The van der Waals surface area contributed by atoms with Gasteiger partial charge in [0.1, 0.15) is 0 Å². The molecule has 2 aromatic rings. The highest BCUT2D eigenvalue weighted by molar-refractivity contribution is 5.73. The van der Waals surface area contributed by atoms with Crippen LogP contribution < -0.4 is 10.6 Å². The summed E-state index contributed by atoms with van der Waals surface area (Å²) in [6, 6.07) is 5.57. The monoisotopic (exact) mass is 259 g/mol. The Hall–Kier alpha value is -2.37. The zero-order valence-electron chi connectivity index (χ0n) is 10.8. The summed E-state index contributed by atoms with van der Waals surface area (Å²) in [6.45, 7) is 1.04. The van der Waals surface area contributed by atoms with Crippen LogP contribution in [0.15, 0.2) is 36.8 Å². The maximum Gasteiger partial charge on any atom is 0.315 e. The second-order valence-corrected chi connectivity index (χ2v) is 4.20. The van der Waals surface area contributed by atoms with Gasteiger partial charge in [-0.15, -0.1) is 0 Å². The standard InChI is InChI=1S/C13H17N5O/c1-18-10-11(9-17-18)8-16-13(19)15-7-5-12-4-2-3-6-14-12/h2-4,6,9-10H,5,7-8H2,1H3,(H2,15,16,19). The van der Waals surface area contributed by atoms with Gasteiger partial charge in [0.25, 0.3) is 0 Å². The normalized spacial score (nSPS) is 10.2. The van der Waals surface area contributed by atoms with Crippen LogP contribution in [0.5, 0.6) is 0 Å². The van der Waals surface area contributed by atoms with Crippen LogP contribution in [0.2, 0.25) is 0 Å². The van der Waals surface area contributed by atoms with Gasteiger partial charge in [-0.3, -0.25) is 9.67 Å². The van der Waals surface area contributed by atoms with E-state index in [9.17, 15) is 4.79 Å². The first kappa shape index (κ1) is 13.1. The molecule has 0 saturated heterocycles. The Morgan fingerprint density at radius 2 is 2.26 bits per heavy atom. The summed E-state index contributed by atoms with van der Waals surface area (Å²) < 4.78 is 1.70. The zero-order valence-corrected chi connectivity index (χ0v) is 10.8. The number of nitrogens with one attached hydrogen (secondary N) is 2. The summed E-state index contributed by atoms with van der Waals surface area (Å²) in [5.74, 6) is 0. The summed E-state index contributed by atoms with van der Waals surface area (Å²) in [5, 5.41) is 9.60. The van der Waals surface area contributed by atoms with E-state index in [-0.39, 0.29) is 6.03 Å². The van der Waals surface area contributed by atoms with E-state index in [1.165, 1.54) is 0 Å². The van der Waals surface area contributed by atoms with Crippen LogP contribution in [-0.4, -0.2) is 27.3 Å². The van der Waals surface area contributed by atoms with Crippen molar-refractivity contribution in [2.24, 2.45) is 7.05 Å². The molecule has 2 rings (SSSR count). The van der Waals surface area contributed by atoms with Gasteiger partial charge in [-0.2, -0.15) is 5.10 Å². The fourth-order valence-corrected chi connectivity index (χ4v) is 1.66. The number of pyridine rings is 1. The van der Waals surface area contributed by atoms with Crippen molar-refractivity contribution in [2.75, 3.05) is 6.54 Å². The fraction of sp³-hybridized carbons (Fsp3) is 0.308. The number of carbonyl (C=O) groups is 1. The number of amides is 2. The Morgan fingerprint density at radius 3 is 2.95 bits per heavy atom. The van der Waals surface area contributed by atoms with E-state index in [1.54, 1.807) is 17.1 Å². The lowest BCUT2D eigenvalue weighted by atomic mass is 10.3. The van der Waals surface area contributed by atoms with E-state index >= 15 is 0 Å². The molecule has 0 saturated carbocycles. The van der Waals surface area contributed by atoms with Gasteiger partial charge in [0.05, 0.1) is 6.20 Å². The minimum Gasteiger partial charge on any atom is -0.338 e. The van der Waals surface area contributed by atoms with Crippen molar-refractivity contribution in [1.82, 2.24) is 25.4 Å². The van der Waals surface area contributed by atoms with Crippen LogP contribution >= 0.6 is 0 Å². The van der Waals surface area contributed by atoms with Crippen LogP contribution in [0.25, 0.3) is 0 Å². The SMILES string of the molecule is Cn1cc(CNC(=O)NCCc2ccccn2)cn1. The molecule has 0 aliphatic carbocycles. The Labute approximate surface area is 111 Å². The van der Waals surface area contributed by atoms with Crippen molar-refractivity contribution in [3.05, 3.63) is 48.0 Å². The molecule has 0 fully saturated rings. The molecule has 0 unspecified atom stereocenters. The number of rotatable bonds is 5. The molecule has 2 heterocycles. The third kappa shape index (κ3) is 4.42. The molecule has 6 heteroatoms. The second-order valence-electron chi connectivity index (χ2n) is 4.20. The highest BCUT2D eigenvalue weighted by atomic mass is 16.2. The maximum atomic E-state index is 11.5. The predicted octanol–water partition coefficient (Wildman–Crippen LogP) is 0.857. The van der Waals surface area contributed by atoms with Gasteiger partial charge in [0, 0.05) is 50.2 Å². The molecular weight excluding hydrogens is 242 g/mol. The minimum absolute atomic E-state index is 0.181. The number of hydrogen-bond acceptors (Lipinski definition) is 3. The van der Waals surface area contributed by atoms with Crippen LogP contribution in [0.4, 0.5) is 4.79 Å². The van der Waals surface area contributed by atoms with Gasteiger partial charge < -0.3 is 10.6 Å². The van der Waals surface area contributed by atoms with E-state index in [0.29, 0.717) is 13.1 Å². The van der Waals surface area contributed by atoms with Gasteiger partial charge >= 0.3 is 6.03 Å². The Bertz CT molecular complexity index is 523. The molecule has 0 bridgehead atoms. The molecule has 0 aromatic carbocycles. The lowest BCUT2D eigenvalue weighted by Crippen LogP contribution is -2.36. The molecule has 19 heavy (non-hydrogen) atoms. The zero-order chi connectivity index (χ0) is 13.5. The molecule has 0 aliphatic heterocycles. The van der Waals surface area contributed by atoms with E-state index in [0.717, 1.165) is 17.7 Å². The van der Waals surface area contributed by atoms with Crippen molar-refractivity contribution in [1.29, 1.82) is 0 Å². The largest absolute Gasteiger partial charge is 0.338 e. The first-order valence-corrected chi connectivity index (χ1v) is 6.13. The Morgan fingerprint density at radius 1 is 1.37 bits per heavy atom. The van der Waals surface area contributed by atoms with Crippen LogP contribution in [-0.2, 0) is 20.0 Å². The first-order valence-electron chi connectivity index (χ1n) is 6.13. The van der Waals surface area contributed by atoms with Crippen molar-refractivity contribution in [2.45, 2.75) is 13.0 Å². The van der Waals surface area contributed by atoms with Crippen molar-refractivity contribution < 1.29 is 4.79 Å². The van der Waals surface area contributed by atoms with Gasteiger partial charge in [-0.25, -0.2) is 4.79 Å². The third-order valence-corrected chi connectivity index (χ3v) is 2.60. The highest BCUT2D eigenvalue weighted by Gasteiger charge is 2.01. The van der Waals surface area contributed by atoms with E-state index < -0.39 is 0 Å². The van der Waals surface area contributed by atoms with Gasteiger partial charge in [0.2, 0.25) is 0 Å². The Balaban J connectivity index is 1.65. The van der Waals surface area contributed by atoms with Crippen molar-refractivity contribution in [3.8, 4) is 0 Å². The minimum atomic E-state index is -0.181. The number of aryl methyl sites for hydroxylation is 1. The lowest BCUT2D eigenvalue weighted by molar-refractivity contribution is 0.240. The van der Waals surface area contributed by atoms with E-state index in [4.69, 9.17) is 0 Å². The van der Waals surface area contributed by atoms with Gasteiger partial charge in [-0.05, 0) is 12.1 Å². The molecule has 0 spiro atoms. The summed E-state index contributed by atoms with van der Waals surface area (Å²) in [4.78, 5) is 15.7. The molecular formula is C13H17N5O. The average molecular weight is 259 g/mol. The van der Waals surface area contributed by atoms with Gasteiger partial charge in [0.15, 0.2) is 0 Å². The van der Waals surface area contributed by atoms with Crippen molar-refractivity contribution in [3.63, 3.8) is 0 Å². The molecule has 2 amide bonds. The van der Waals surface area contributed by atoms with E-state index in [1.807, 2.05) is 31.4 Å². The fourth-order valence-electron chi connectivity index (χ4n) is 1.66. The molecule has 6 nitrogen and oxygen atoms in total. The molecule has 2 N–H and O–H groups in total. The summed E-state index contributed by atoms with van der Waals surface area (Å²) in [6.07, 6.45) is 6.07. The lowest BCUT2D eigenvalue weighted by Gasteiger charge is -2.06. The number of urea groups is 1. The topological polar surface area (TPSA) is 71.8 Å². The quantitative estimate of drug-likeness (QED) is 0.836. The molecule has 0 atom stereocenters. The molecule has 2 aromatic heterocycles. The summed E-state index contributed by atoms with van der Waals surface area (Å²) >= 11 is 0. The maximum absolute atomic E-state index is 11.5. The van der Waals surface area contributed by atoms with Crippen LogP contribution in [0.1, 0.15) is 11.3 Å². The number of aromatic nitrogens is 3. The smallest absolute Gasteiger partial charge is 0.315 e. The first-order chi connectivity index (χ1) is 9.24. The number of nitrogens with zero attached hydrogens (tertiary/aromatic N) is 3. The molecule has 0 aliphatic rings. The molecule has 0 radical (unpaired) electrons. The highest BCUT2D eigenvalue weighted by Crippen LogP contribution is 1.95. The predicted molar refractivity (Wildman–Crippen MR) is 71.4 cm³/mol. The number of carbonyl (C=O) groups excluding carboxylic acids is 1. The van der Waals surface area contributed by atoms with Crippen molar-refractivity contribution >= 4 is 6.03 Å². The third-order valence-electron chi connectivity index (χ3n) is 2.60. The van der Waals surface area contributed by atoms with Gasteiger partial charge in [-0.1, -0.05) is 6.07 Å². The van der Waals surface area contributed by atoms with Crippen LogP contribution in [0, 0.1) is 0 Å².